The normalized spacial score (nSPS) is 18.2. The van der Waals surface area contributed by atoms with Crippen molar-refractivity contribution in [1.29, 1.82) is 0 Å². The van der Waals surface area contributed by atoms with Gasteiger partial charge in [-0.2, -0.15) is 0 Å². The Bertz CT molecular complexity index is 846. The molecule has 0 bridgehead atoms. The molecule has 5 nitrogen and oxygen atoms in total. The van der Waals surface area contributed by atoms with Crippen LogP contribution in [0.25, 0.3) is 10.9 Å². The van der Waals surface area contributed by atoms with Crippen molar-refractivity contribution in [3.8, 4) is 0 Å². The number of hydrogen-bond donors (Lipinski definition) is 1. The molecule has 0 saturated heterocycles. The predicted molar refractivity (Wildman–Crippen MR) is 100.0 cm³/mol. The van der Waals surface area contributed by atoms with Crippen LogP contribution in [0.3, 0.4) is 0 Å². The molecule has 0 saturated carbocycles. The molecule has 5 heteroatoms. The fraction of sp³-hybridized carbons (Fsp3) is 0.429. The minimum atomic E-state index is -1.34. The van der Waals surface area contributed by atoms with Crippen LogP contribution in [0.15, 0.2) is 30.9 Å². The number of rotatable bonds is 5. The van der Waals surface area contributed by atoms with Gasteiger partial charge in [0.25, 0.3) is 0 Å². The Hall–Kier alpha value is -2.56. The molecule has 2 aromatic rings. The Kier molecular flexibility index (Phi) is 4.90. The second kappa shape index (κ2) is 6.98. The summed E-state index contributed by atoms with van der Waals surface area (Å²) >= 11 is 0. The van der Waals surface area contributed by atoms with Crippen LogP contribution in [0.2, 0.25) is 0 Å². The van der Waals surface area contributed by atoms with Gasteiger partial charge in [0.15, 0.2) is 5.41 Å². The lowest BCUT2D eigenvalue weighted by Crippen LogP contribution is -2.47. The van der Waals surface area contributed by atoms with Gasteiger partial charge in [0, 0.05) is 28.9 Å². The SMILES string of the molecule is C=C[C@@H]1CC(C(=O)OCC)(C(=O)OCC)Cc2c1[nH]c1c(C)cccc21. The number of aryl methyl sites for hydroxylation is 1. The third-order valence-electron chi connectivity index (χ3n) is 5.22. The first-order valence-electron chi connectivity index (χ1n) is 9.05. The third-order valence-corrected chi connectivity index (χ3v) is 5.22. The van der Waals surface area contributed by atoms with E-state index in [1.165, 1.54) is 0 Å². The van der Waals surface area contributed by atoms with Crippen molar-refractivity contribution in [2.24, 2.45) is 5.41 Å². The molecular formula is C21H25NO4. The van der Waals surface area contributed by atoms with Gasteiger partial charge in [0.2, 0.25) is 0 Å². The first kappa shape index (κ1) is 18.2. The first-order chi connectivity index (χ1) is 12.5. The van der Waals surface area contributed by atoms with Gasteiger partial charge in [-0.15, -0.1) is 6.58 Å². The lowest BCUT2D eigenvalue weighted by molar-refractivity contribution is -0.173. The van der Waals surface area contributed by atoms with E-state index < -0.39 is 17.4 Å². The molecule has 0 fully saturated rings. The Morgan fingerprint density at radius 3 is 2.50 bits per heavy atom. The molecule has 138 valence electrons. The summed E-state index contributed by atoms with van der Waals surface area (Å²) in [5, 5.41) is 1.03. The summed E-state index contributed by atoms with van der Waals surface area (Å²) in [5.41, 5.74) is 2.82. The molecule has 0 radical (unpaired) electrons. The molecule has 1 aromatic heterocycles. The molecule has 0 aliphatic heterocycles. The van der Waals surface area contributed by atoms with Crippen LogP contribution < -0.4 is 0 Å². The second-order valence-corrected chi connectivity index (χ2v) is 6.76. The maximum absolute atomic E-state index is 12.9. The quantitative estimate of drug-likeness (QED) is 0.503. The van der Waals surface area contributed by atoms with E-state index in [0.29, 0.717) is 6.42 Å². The standard InChI is InChI=1S/C21H25NO4/c1-5-14-11-21(19(23)25-6-2,20(24)26-7-3)12-16-15-10-8-9-13(4)17(15)22-18(14)16/h5,8-10,14,22H,1,6-7,11-12H2,2-4H3/t14-/m1/s1. The van der Waals surface area contributed by atoms with Crippen LogP contribution in [0.4, 0.5) is 0 Å². The molecule has 3 rings (SSSR count). The summed E-state index contributed by atoms with van der Waals surface area (Å²) in [6.45, 7) is 9.89. The number of esters is 2. The highest BCUT2D eigenvalue weighted by Crippen LogP contribution is 2.47. The van der Waals surface area contributed by atoms with Gasteiger partial charge in [-0.25, -0.2) is 0 Å². The minimum absolute atomic E-state index is 0.153. The number of carbonyl (C=O) groups is 2. The van der Waals surface area contributed by atoms with Crippen LogP contribution in [0.1, 0.15) is 43.0 Å². The van der Waals surface area contributed by atoms with Crippen LogP contribution in [-0.4, -0.2) is 30.1 Å². The molecule has 1 atom stereocenters. The van der Waals surface area contributed by atoms with Crippen molar-refractivity contribution in [3.05, 3.63) is 47.7 Å². The number of ether oxygens (including phenoxy) is 2. The highest BCUT2D eigenvalue weighted by Gasteiger charge is 2.53. The zero-order valence-corrected chi connectivity index (χ0v) is 15.6. The van der Waals surface area contributed by atoms with E-state index in [0.717, 1.165) is 27.7 Å². The summed E-state index contributed by atoms with van der Waals surface area (Å²) in [6.07, 6.45) is 2.36. The van der Waals surface area contributed by atoms with Crippen molar-refractivity contribution in [1.82, 2.24) is 4.98 Å². The number of aromatic nitrogens is 1. The van der Waals surface area contributed by atoms with Gasteiger partial charge in [-0.05, 0) is 38.3 Å². The smallest absolute Gasteiger partial charge is 0.323 e. The van der Waals surface area contributed by atoms with Crippen LogP contribution in [0.5, 0.6) is 0 Å². The second-order valence-electron chi connectivity index (χ2n) is 6.76. The topological polar surface area (TPSA) is 68.4 Å². The molecule has 26 heavy (non-hydrogen) atoms. The van der Waals surface area contributed by atoms with Crippen molar-refractivity contribution >= 4 is 22.8 Å². The summed E-state index contributed by atoms with van der Waals surface area (Å²) < 4.78 is 10.6. The Labute approximate surface area is 153 Å². The number of H-pyrrole nitrogens is 1. The lowest BCUT2D eigenvalue weighted by Gasteiger charge is -2.35. The number of nitrogens with one attached hydrogen (secondary N) is 1. The molecule has 1 aliphatic carbocycles. The van der Waals surface area contributed by atoms with Gasteiger partial charge >= 0.3 is 11.9 Å². The van der Waals surface area contributed by atoms with Crippen molar-refractivity contribution in [3.63, 3.8) is 0 Å². The van der Waals surface area contributed by atoms with Crippen LogP contribution >= 0.6 is 0 Å². The number of fused-ring (bicyclic) bond motifs is 3. The van der Waals surface area contributed by atoms with E-state index in [1.54, 1.807) is 19.9 Å². The third kappa shape index (κ3) is 2.71. The van der Waals surface area contributed by atoms with Crippen molar-refractivity contribution in [2.45, 2.75) is 39.5 Å². The Balaban J connectivity index is 2.20. The van der Waals surface area contributed by atoms with Gasteiger partial charge in [0.1, 0.15) is 0 Å². The number of para-hydroxylation sites is 1. The van der Waals surface area contributed by atoms with E-state index in [2.05, 4.69) is 11.6 Å². The van der Waals surface area contributed by atoms with Gasteiger partial charge in [-0.1, -0.05) is 24.3 Å². The molecule has 1 aromatic carbocycles. The average Bonchev–Trinajstić information content (AvgIpc) is 3.01. The monoisotopic (exact) mass is 355 g/mol. The van der Waals surface area contributed by atoms with E-state index >= 15 is 0 Å². The zero-order chi connectivity index (χ0) is 18.9. The molecule has 0 amide bonds. The van der Waals surface area contributed by atoms with Gasteiger partial charge < -0.3 is 14.5 Å². The highest BCUT2D eigenvalue weighted by molar-refractivity contribution is 6.02. The zero-order valence-electron chi connectivity index (χ0n) is 15.6. The maximum atomic E-state index is 12.9. The Morgan fingerprint density at radius 2 is 1.92 bits per heavy atom. The number of aromatic amines is 1. The fourth-order valence-corrected chi connectivity index (χ4v) is 3.93. The maximum Gasteiger partial charge on any atom is 0.323 e. The summed E-state index contributed by atoms with van der Waals surface area (Å²) in [5.74, 6) is -1.18. The van der Waals surface area contributed by atoms with E-state index in [9.17, 15) is 9.59 Å². The molecule has 1 aliphatic rings. The molecule has 0 spiro atoms. The predicted octanol–water partition coefficient (Wildman–Crippen LogP) is 3.80. The van der Waals surface area contributed by atoms with Crippen LogP contribution in [0, 0.1) is 12.3 Å². The average molecular weight is 355 g/mol. The first-order valence-corrected chi connectivity index (χ1v) is 9.05. The summed E-state index contributed by atoms with van der Waals surface area (Å²) in [6, 6.07) is 6.04. The summed E-state index contributed by atoms with van der Waals surface area (Å²) in [7, 11) is 0. The summed E-state index contributed by atoms with van der Waals surface area (Å²) in [4.78, 5) is 29.2. The van der Waals surface area contributed by atoms with E-state index in [1.807, 2.05) is 25.1 Å². The highest BCUT2D eigenvalue weighted by atomic mass is 16.6. The lowest BCUT2D eigenvalue weighted by atomic mass is 9.68. The molecule has 1 N–H and O–H groups in total. The van der Waals surface area contributed by atoms with Crippen molar-refractivity contribution in [2.75, 3.05) is 13.2 Å². The van der Waals surface area contributed by atoms with Crippen LogP contribution in [-0.2, 0) is 25.5 Å². The fourth-order valence-electron chi connectivity index (χ4n) is 3.93. The number of benzene rings is 1. The Morgan fingerprint density at radius 1 is 1.27 bits per heavy atom. The van der Waals surface area contributed by atoms with E-state index in [4.69, 9.17) is 9.47 Å². The van der Waals surface area contributed by atoms with Crippen molar-refractivity contribution < 1.29 is 19.1 Å². The molecule has 0 unspecified atom stereocenters. The number of carbonyl (C=O) groups excluding carboxylic acids is 2. The molecular weight excluding hydrogens is 330 g/mol. The van der Waals surface area contributed by atoms with Gasteiger partial charge in [0.05, 0.1) is 13.2 Å². The minimum Gasteiger partial charge on any atom is -0.465 e. The van der Waals surface area contributed by atoms with Gasteiger partial charge in [-0.3, -0.25) is 9.59 Å². The van der Waals surface area contributed by atoms with E-state index in [-0.39, 0.29) is 25.6 Å². The number of hydrogen-bond acceptors (Lipinski definition) is 4. The number of allylic oxidation sites excluding steroid dienone is 1. The largest absolute Gasteiger partial charge is 0.465 e. The molecule has 1 heterocycles.